The molecule has 156 valence electrons. The van der Waals surface area contributed by atoms with Gasteiger partial charge in [-0.05, 0) is 48.4 Å². The Bertz CT molecular complexity index is 1170. The van der Waals surface area contributed by atoms with E-state index < -0.39 is 0 Å². The van der Waals surface area contributed by atoms with Crippen LogP contribution in [0.5, 0.6) is 5.75 Å². The van der Waals surface area contributed by atoms with Crippen molar-refractivity contribution in [3.63, 3.8) is 0 Å². The van der Waals surface area contributed by atoms with Gasteiger partial charge in [0.05, 0.1) is 12.9 Å². The molecule has 0 radical (unpaired) electrons. The Morgan fingerprint density at radius 1 is 1.00 bits per heavy atom. The van der Waals surface area contributed by atoms with E-state index in [1.807, 2.05) is 66.1 Å². The minimum absolute atomic E-state index is 0.135. The van der Waals surface area contributed by atoms with Crippen LogP contribution < -0.4 is 10.1 Å². The Labute approximate surface area is 180 Å². The summed E-state index contributed by atoms with van der Waals surface area (Å²) in [6.07, 6.45) is 1.67. The van der Waals surface area contributed by atoms with Crippen LogP contribution in [0.3, 0.4) is 0 Å². The molecule has 1 heterocycles. The number of anilines is 1. The normalized spacial score (nSPS) is 10.6. The van der Waals surface area contributed by atoms with E-state index in [0.29, 0.717) is 29.4 Å². The number of rotatable bonds is 7. The molecule has 0 spiro atoms. The second-order valence-corrected chi connectivity index (χ2v) is 7.16. The SMILES string of the molecule is Cc1ccccc1OCC(=O)Nc1c(-c2ccc(F)cc2)ncn1Cc1ccccc1. The molecule has 0 saturated carbocycles. The molecule has 0 atom stereocenters. The topological polar surface area (TPSA) is 56.1 Å². The van der Waals surface area contributed by atoms with Gasteiger partial charge in [-0.2, -0.15) is 0 Å². The Morgan fingerprint density at radius 3 is 2.45 bits per heavy atom. The molecule has 1 amide bonds. The number of ether oxygens (including phenoxy) is 1. The number of para-hydroxylation sites is 1. The molecule has 0 aliphatic carbocycles. The number of aromatic nitrogens is 2. The van der Waals surface area contributed by atoms with Gasteiger partial charge in [0.1, 0.15) is 23.1 Å². The monoisotopic (exact) mass is 415 g/mol. The molecule has 0 bridgehead atoms. The lowest BCUT2D eigenvalue weighted by molar-refractivity contribution is -0.118. The molecule has 6 heteroatoms. The molecule has 0 aliphatic rings. The number of benzene rings is 3. The van der Waals surface area contributed by atoms with Crippen molar-refractivity contribution < 1.29 is 13.9 Å². The van der Waals surface area contributed by atoms with Crippen molar-refractivity contribution in [2.75, 3.05) is 11.9 Å². The van der Waals surface area contributed by atoms with Crippen LogP contribution in [0.25, 0.3) is 11.3 Å². The minimum Gasteiger partial charge on any atom is -0.483 e. The van der Waals surface area contributed by atoms with Crippen LogP contribution in [0.4, 0.5) is 10.2 Å². The largest absolute Gasteiger partial charge is 0.483 e. The number of aryl methyl sites for hydroxylation is 1. The second-order valence-electron chi connectivity index (χ2n) is 7.16. The van der Waals surface area contributed by atoms with Crippen LogP contribution in [-0.4, -0.2) is 22.1 Å². The van der Waals surface area contributed by atoms with Crippen LogP contribution in [0.1, 0.15) is 11.1 Å². The van der Waals surface area contributed by atoms with Crippen LogP contribution >= 0.6 is 0 Å². The highest BCUT2D eigenvalue weighted by Crippen LogP contribution is 2.28. The van der Waals surface area contributed by atoms with E-state index >= 15 is 0 Å². The van der Waals surface area contributed by atoms with Crippen molar-refractivity contribution in [1.82, 2.24) is 9.55 Å². The first-order chi connectivity index (χ1) is 15.1. The van der Waals surface area contributed by atoms with Gasteiger partial charge < -0.3 is 14.6 Å². The maximum atomic E-state index is 13.4. The molecule has 31 heavy (non-hydrogen) atoms. The van der Waals surface area contributed by atoms with E-state index in [0.717, 1.165) is 11.1 Å². The minimum atomic E-state index is -0.329. The summed E-state index contributed by atoms with van der Waals surface area (Å²) < 4.78 is 20.9. The third-order valence-electron chi connectivity index (χ3n) is 4.86. The predicted molar refractivity (Wildman–Crippen MR) is 118 cm³/mol. The Balaban J connectivity index is 1.58. The number of amides is 1. The third kappa shape index (κ3) is 4.98. The molecule has 1 aromatic heterocycles. The number of nitrogens with zero attached hydrogens (tertiary/aromatic N) is 2. The zero-order valence-corrected chi connectivity index (χ0v) is 17.1. The molecule has 4 rings (SSSR count). The number of nitrogens with one attached hydrogen (secondary N) is 1. The summed E-state index contributed by atoms with van der Waals surface area (Å²) in [6, 6.07) is 23.4. The van der Waals surface area contributed by atoms with E-state index in [1.54, 1.807) is 18.5 Å². The summed E-state index contributed by atoms with van der Waals surface area (Å²) in [5, 5.41) is 2.92. The first kappa shape index (κ1) is 20.3. The van der Waals surface area contributed by atoms with E-state index in [2.05, 4.69) is 10.3 Å². The number of halogens is 1. The van der Waals surface area contributed by atoms with Gasteiger partial charge in [-0.15, -0.1) is 0 Å². The highest BCUT2D eigenvalue weighted by molar-refractivity contribution is 5.94. The molecule has 0 unspecified atom stereocenters. The van der Waals surface area contributed by atoms with E-state index in [-0.39, 0.29) is 18.3 Å². The zero-order chi connectivity index (χ0) is 21.6. The summed E-state index contributed by atoms with van der Waals surface area (Å²) in [5.41, 5.74) is 3.30. The molecule has 0 aliphatic heterocycles. The molecule has 0 fully saturated rings. The van der Waals surface area contributed by atoms with Crippen molar-refractivity contribution >= 4 is 11.7 Å². The fraction of sp³-hybridized carbons (Fsp3) is 0.120. The summed E-state index contributed by atoms with van der Waals surface area (Å²) in [4.78, 5) is 17.2. The summed E-state index contributed by atoms with van der Waals surface area (Å²) >= 11 is 0. The third-order valence-corrected chi connectivity index (χ3v) is 4.86. The summed E-state index contributed by atoms with van der Waals surface area (Å²) in [5.74, 6) is 0.564. The van der Waals surface area contributed by atoms with E-state index in [1.165, 1.54) is 12.1 Å². The van der Waals surface area contributed by atoms with Gasteiger partial charge in [0, 0.05) is 5.56 Å². The standard InChI is InChI=1S/C25H22FN3O2/c1-18-7-5-6-10-22(18)31-16-23(30)28-25-24(20-11-13-21(26)14-12-20)27-17-29(25)15-19-8-3-2-4-9-19/h2-14,17H,15-16H2,1H3,(H,28,30). The van der Waals surface area contributed by atoms with Crippen LogP contribution in [-0.2, 0) is 11.3 Å². The molecule has 0 saturated heterocycles. The van der Waals surface area contributed by atoms with Gasteiger partial charge >= 0.3 is 0 Å². The summed E-state index contributed by atoms with van der Waals surface area (Å²) in [7, 11) is 0. The number of hydrogen-bond donors (Lipinski definition) is 1. The molecule has 5 nitrogen and oxygen atoms in total. The predicted octanol–water partition coefficient (Wildman–Crippen LogP) is 5.06. The first-order valence-corrected chi connectivity index (χ1v) is 9.93. The van der Waals surface area contributed by atoms with Crippen LogP contribution in [0.2, 0.25) is 0 Å². The zero-order valence-electron chi connectivity index (χ0n) is 17.1. The van der Waals surface area contributed by atoms with Crippen molar-refractivity contribution in [2.24, 2.45) is 0 Å². The number of carbonyl (C=O) groups is 1. The highest BCUT2D eigenvalue weighted by atomic mass is 19.1. The van der Waals surface area contributed by atoms with Gasteiger partial charge in [-0.25, -0.2) is 9.37 Å². The first-order valence-electron chi connectivity index (χ1n) is 9.93. The van der Waals surface area contributed by atoms with Crippen LogP contribution in [0, 0.1) is 12.7 Å². The molecular formula is C25H22FN3O2. The average molecular weight is 415 g/mol. The van der Waals surface area contributed by atoms with Gasteiger partial charge in [0.25, 0.3) is 5.91 Å². The summed E-state index contributed by atoms with van der Waals surface area (Å²) in [6.45, 7) is 2.32. The van der Waals surface area contributed by atoms with E-state index in [4.69, 9.17) is 4.74 Å². The molecule has 4 aromatic rings. The Kier molecular flexibility index (Phi) is 6.08. The maximum absolute atomic E-state index is 13.4. The lowest BCUT2D eigenvalue weighted by Crippen LogP contribution is -2.22. The molecule has 3 aromatic carbocycles. The molecular weight excluding hydrogens is 393 g/mol. The maximum Gasteiger partial charge on any atom is 0.263 e. The fourth-order valence-electron chi connectivity index (χ4n) is 3.26. The van der Waals surface area contributed by atoms with Crippen molar-refractivity contribution in [1.29, 1.82) is 0 Å². The fourth-order valence-corrected chi connectivity index (χ4v) is 3.26. The Hall–Kier alpha value is -3.93. The molecule has 1 N–H and O–H groups in total. The average Bonchev–Trinajstić information content (AvgIpc) is 3.16. The second kappa shape index (κ2) is 9.26. The van der Waals surface area contributed by atoms with Crippen molar-refractivity contribution in [2.45, 2.75) is 13.5 Å². The highest BCUT2D eigenvalue weighted by Gasteiger charge is 2.17. The number of hydrogen-bond acceptors (Lipinski definition) is 3. The lowest BCUT2D eigenvalue weighted by Gasteiger charge is -2.13. The lowest BCUT2D eigenvalue weighted by atomic mass is 10.1. The van der Waals surface area contributed by atoms with Crippen molar-refractivity contribution in [3.8, 4) is 17.0 Å². The van der Waals surface area contributed by atoms with Gasteiger partial charge in [0.15, 0.2) is 6.61 Å². The van der Waals surface area contributed by atoms with Gasteiger partial charge in [0.2, 0.25) is 0 Å². The quantitative estimate of drug-likeness (QED) is 0.459. The smallest absolute Gasteiger partial charge is 0.263 e. The van der Waals surface area contributed by atoms with Crippen LogP contribution in [0.15, 0.2) is 85.2 Å². The van der Waals surface area contributed by atoms with E-state index in [9.17, 15) is 9.18 Å². The van der Waals surface area contributed by atoms with Gasteiger partial charge in [-0.3, -0.25) is 4.79 Å². The van der Waals surface area contributed by atoms with Crippen molar-refractivity contribution in [3.05, 3.63) is 102 Å². The Morgan fingerprint density at radius 2 is 1.71 bits per heavy atom. The van der Waals surface area contributed by atoms with Gasteiger partial charge in [-0.1, -0.05) is 48.5 Å². The number of imidazole rings is 1. The number of carbonyl (C=O) groups excluding carboxylic acids is 1.